The van der Waals surface area contributed by atoms with Crippen molar-refractivity contribution in [2.24, 2.45) is 5.41 Å². The molecule has 0 aromatic heterocycles. The third-order valence-electron chi connectivity index (χ3n) is 3.03. The van der Waals surface area contributed by atoms with Crippen LogP contribution in [0.5, 0.6) is 0 Å². The summed E-state index contributed by atoms with van der Waals surface area (Å²) in [7, 11) is 0. The molecule has 0 saturated carbocycles. The van der Waals surface area contributed by atoms with Gasteiger partial charge in [-0.3, -0.25) is 4.79 Å². The molecule has 1 aliphatic rings. The molecule has 1 aliphatic carbocycles. The minimum atomic E-state index is 0.474. The van der Waals surface area contributed by atoms with Crippen molar-refractivity contribution in [3.63, 3.8) is 0 Å². The van der Waals surface area contributed by atoms with Crippen molar-refractivity contribution >= 4 is 6.29 Å². The van der Waals surface area contributed by atoms with Crippen molar-refractivity contribution < 1.29 is 4.79 Å². The molecular formula is C13H20O. The van der Waals surface area contributed by atoms with Gasteiger partial charge in [0.05, 0.1) is 0 Å². The van der Waals surface area contributed by atoms with Crippen LogP contribution in [-0.2, 0) is 4.79 Å². The highest BCUT2D eigenvalue weighted by Crippen LogP contribution is 2.39. The van der Waals surface area contributed by atoms with Gasteiger partial charge in [0, 0.05) is 0 Å². The van der Waals surface area contributed by atoms with Crippen LogP contribution in [0, 0.1) is 5.41 Å². The molecule has 1 rings (SSSR count). The minimum Gasteiger partial charge on any atom is -0.299 e. The Morgan fingerprint density at radius 3 is 2.71 bits per heavy atom. The molecule has 1 nitrogen and oxygen atoms in total. The molecule has 0 aromatic rings. The molecule has 0 heterocycles. The lowest BCUT2D eigenvalue weighted by Gasteiger charge is -2.31. The van der Waals surface area contributed by atoms with E-state index in [-0.39, 0.29) is 0 Å². The number of aldehydes is 1. The Hall–Kier alpha value is -0.850. The second-order valence-electron chi connectivity index (χ2n) is 4.99. The standard InChI is InChI=1S/C13H20O/c1-11-10-13(2,3)8-7-12(11)6-4-5-9-14/h4-5,9H,6-8,10H2,1-3H3. The second-order valence-corrected chi connectivity index (χ2v) is 4.99. The normalized spacial score (nSPS) is 21.6. The van der Waals surface area contributed by atoms with E-state index >= 15 is 0 Å². The quantitative estimate of drug-likeness (QED) is 0.379. The molecular weight excluding hydrogens is 172 g/mol. The van der Waals surface area contributed by atoms with E-state index in [4.69, 9.17) is 0 Å². The largest absolute Gasteiger partial charge is 0.299 e. The Morgan fingerprint density at radius 2 is 2.14 bits per heavy atom. The average Bonchev–Trinajstić information content (AvgIpc) is 2.08. The van der Waals surface area contributed by atoms with Crippen LogP contribution in [0.15, 0.2) is 23.3 Å². The van der Waals surface area contributed by atoms with Gasteiger partial charge in [0.2, 0.25) is 0 Å². The van der Waals surface area contributed by atoms with Crippen LogP contribution in [0.4, 0.5) is 0 Å². The minimum absolute atomic E-state index is 0.474. The molecule has 0 bridgehead atoms. The van der Waals surface area contributed by atoms with E-state index in [9.17, 15) is 4.79 Å². The van der Waals surface area contributed by atoms with Crippen molar-refractivity contribution in [1.82, 2.24) is 0 Å². The highest BCUT2D eigenvalue weighted by molar-refractivity contribution is 5.64. The Balaban J connectivity index is 2.61. The summed E-state index contributed by atoms with van der Waals surface area (Å²) in [6, 6.07) is 0. The maximum atomic E-state index is 10.1. The van der Waals surface area contributed by atoms with Gasteiger partial charge in [-0.2, -0.15) is 0 Å². The summed E-state index contributed by atoms with van der Waals surface area (Å²) >= 11 is 0. The van der Waals surface area contributed by atoms with Gasteiger partial charge >= 0.3 is 0 Å². The van der Waals surface area contributed by atoms with E-state index in [0.717, 1.165) is 12.7 Å². The number of carbonyl (C=O) groups excluding carboxylic acids is 1. The first-order valence-electron chi connectivity index (χ1n) is 5.33. The van der Waals surface area contributed by atoms with Gasteiger partial charge in [-0.05, 0) is 44.1 Å². The predicted octanol–water partition coefficient (Wildman–Crippen LogP) is 3.66. The fourth-order valence-electron chi connectivity index (χ4n) is 2.18. The monoisotopic (exact) mass is 192 g/mol. The van der Waals surface area contributed by atoms with Crippen LogP contribution in [0.3, 0.4) is 0 Å². The van der Waals surface area contributed by atoms with Crippen LogP contribution in [0.25, 0.3) is 0 Å². The number of carbonyl (C=O) groups is 1. The number of hydrogen-bond donors (Lipinski definition) is 0. The number of hydrogen-bond acceptors (Lipinski definition) is 1. The van der Waals surface area contributed by atoms with Crippen molar-refractivity contribution in [1.29, 1.82) is 0 Å². The maximum absolute atomic E-state index is 10.1. The molecule has 0 N–H and O–H groups in total. The van der Waals surface area contributed by atoms with Crippen molar-refractivity contribution in [2.45, 2.75) is 46.5 Å². The van der Waals surface area contributed by atoms with Crippen molar-refractivity contribution in [3.8, 4) is 0 Å². The Bertz CT molecular complexity index is 269. The van der Waals surface area contributed by atoms with Gasteiger partial charge in [-0.1, -0.05) is 31.1 Å². The molecule has 0 saturated heterocycles. The molecule has 0 spiro atoms. The fourth-order valence-corrected chi connectivity index (χ4v) is 2.18. The molecule has 14 heavy (non-hydrogen) atoms. The van der Waals surface area contributed by atoms with E-state index in [2.05, 4.69) is 20.8 Å². The van der Waals surface area contributed by atoms with E-state index in [0.29, 0.717) is 5.41 Å². The highest BCUT2D eigenvalue weighted by atomic mass is 16.1. The van der Waals surface area contributed by atoms with Crippen LogP contribution in [-0.4, -0.2) is 6.29 Å². The summed E-state index contributed by atoms with van der Waals surface area (Å²) < 4.78 is 0. The zero-order valence-electron chi connectivity index (χ0n) is 9.47. The summed E-state index contributed by atoms with van der Waals surface area (Å²) in [5.41, 5.74) is 3.53. The molecule has 0 atom stereocenters. The van der Waals surface area contributed by atoms with E-state index < -0.39 is 0 Å². The molecule has 0 aromatic carbocycles. The van der Waals surface area contributed by atoms with Crippen LogP contribution >= 0.6 is 0 Å². The average molecular weight is 192 g/mol. The van der Waals surface area contributed by atoms with Gasteiger partial charge in [-0.15, -0.1) is 0 Å². The first kappa shape index (κ1) is 11.2. The Labute approximate surface area is 86.9 Å². The summed E-state index contributed by atoms with van der Waals surface area (Å²) in [5.74, 6) is 0. The predicted molar refractivity (Wildman–Crippen MR) is 60.2 cm³/mol. The SMILES string of the molecule is CC1=C(CC=CC=O)CCC(C)(C)C1. The van der Waals surface area contributed by atoms with E-state index in [1.165, 1.54) is 30.4 Å². The summed E-state index contributed by atoms with van der Waals surface area (Å²) in [5, 5.41) is 0. The molecule has 0 radical (unpaired) electrons. The number of rotatable bonds is 3. The third-order valence-corrected chi connectivity index (χ3v) is 3.03. The fraction of sp³-hybridized carbons (Fsp3) is 0.615. The summed E-state index contributed by atoms with van der Waals surface area (Å²) in [6.07, 6.45) is 9.04. The van der Waals surface area contributed by atoms with Gasteiger partial charge < -0.3 is 0 Å². The van der Waals surface area contributed by atoms with Gasteiger partial charge in [0.1, 0.15) is 6.29 Å². The zero-order valence-corrected chi connectivity index (χ0v) is 9.47. The first-order chi connectivity index (χ1) is 6.55. The van der Waals surface area contributed by atoms with Crippen LogP contribution in [0.1, 0.15) is 46.5 Å². The summed E-state index contributed by atoms with van der Waals surface area (Å²) in [6.45, 7) is 6.88. The smallest absolute Gasteiger partial charge is 0.142 e. The molecule has 0 aliphatic heterocycles. The second kappa shape index (κ2) is 4.59. The Morgan fingerprint density at radius 1 is 1.43 bits per heavy atom. The Kier molecular flexibility index (Phi) is 3.68. The molecule has 1 heteroatoms. The van der Waals surface area contributed by atoms with Crippen LogP contribution in [0.2, 0.25) is 0 Å². The van der Waals surface area contributed by atoms with Gasteiger partial charge in [0.15, 0.2) is 0 Å². The topological polar surface area (TPSA) is 17.1 Å². The lowest BCUT2D eigenvalue weighted by Crippen LogP contribution is -2.17. The third kappa shape index (κ3) is 3.13. The van der Waals surface area contributed by atoms with Crippen LogP contribution < -0.4 is 0 Å². The molecule has 78 valence electrons. The van der Waals surface area contributed by atoms with Gasteiger partial charge in [-0.25, -0.2) is 0 Å². The molecule has 0 fully saturated rings. The lowest BCUT2D eigenvalue weighted by atomic mass is 9.74. The lowest BCUT2D eigenvalue weighted by molar-refractivity contribution is -0.104. The number of allylic oxidation sites excluding steroid dienone is 4. The molecule has 0 unspecified atom stereocenters. The summed E-state index contributed by atoms with van der Waals surface area (Å²) in [4.78, 5) is 10.1. The molecule has 0 amide bonds. The first-order valence-corrected chi connectivity index (χ1v) is 5.33. The zero-order chi connectivity index (χ0) is 10.6. The van der Waals surface area contributed by atoms with Gasteiger partial charge in [0.25, 0.3) is 0 Å². The van der Waals surface area contributed by atoms with E-state index in [1.54, 1.807) is 6.08 Å². The van der Waals surface area contributed by atoms with Crippen molar-refractivity contribution in [2.75, 3.05) is 0 Å². The maximum Gasteiger partial charge on any atom is 0.142 e. The van der Waals surface area contributed by atoms with Crippen molar-refractivity contribution in [3.05, 3.63) is 23.3 Å². The van der Waals surface area contributed by atoms with E-state index in [1.807, 2.05) is 6.08 Å². The highest BCUT2D eigenvalue weighted by Gasteiger charge is 2.24.